The van der Waals surface area contributed by atoms with Crippen LogP contribution in [-0.4, -0.2) is 31.7 Å². The van der Waals surface area contributed by atoms with Crippen molar-refractivity contribution in [2.45, 2.75) is 44.4 Å². The lowest BCUT2D eigenvalue weighted by atomic mass is 10.1. The Morgan fingerprint density at radius 2 is 1.65 bits per heavy atom. The first-order chi connectivity index (χ1) is 14.9. The molecule has 1 fully saturated rings. The third kappa shape index (κ3) is 5.05. The maximum atomic E-state index is 12.9. The molecule has 0 bridgehead atoms. The highest BCUT2D eigenvalue weighted by Crippen LogP contribution is 2.25. The molecule has 2 heterocycles. The van der Waals surface area contributed by atoms with E-state index in [-0.39, 0.29) is 0 Å². The molecule has 0 spiro atoms. The molecule has 3 aromatic rings. The van der Waals surface area contributed by atoms with E-state index in [0.717, 1.165) is 30.0 Å². The van der Waals surface area contributed by atoms with Gasteiger partial charge in [-0.25, -0.2) is 8.42 Å². The van der Waals surface area contributed by atoms with Crippen molar-refractivity contribution in [1.82, 2.24) is 10.2 Å². The minimum atomic E-state index is -3.68. The van der Waals surface area contributed by atoms with Gasteiger partial charge < -0.3 is 4.90 Å². The Bertz CT molecular complexity index is 1150. The van der Waals surface area contributed by atoms with Crippen molar-refractivity contribution >= 4 is 21.5 Å². The van der Waals surface area contributed by atoms with E-state index in [9.17, 15) is 8.42 Å². The average molecular weight is 437 g/mol. The van der Waals surface area contributed by atoms with Gasteiger partial charge in [-0.2, -0.15) is 0 Å². The second-order valence-electron chi connectivity index (χ2n) is 8.13. The molecule has 2 aromatic carbocycles. The summed E-state index contributed by atoms with van der Waals surface area (Å²) in [6.45, 7) is 5.71. The summed E-state index contributed by atoms with van der Waals surface area (Å²) >= 11 is 0. The third-order valence-corrected chi connectivity index (χ3v) is 7.15. The number of hydrogen-bond acceptors (Lipinski definition) is 5. The number of anilines is 2. The molecule has 162 valence electrons. The first kappa shape index (κ1) is 21.3. The van der Waals surface area contributed by atoms with Gasteiger partial charge in [0.15, 0.2) is 5.82 Å². The Balaban J connectivity index is 1.55. The number of hydrogen-bond donors (Lipinski definition) is 1. The zero-order chi connectivity index (χ0) is 21.8. The molecule has 1 aromatic heterocycles. The third-order valence-electron chi connectivity index (χ3n) is 5.62. The highest BCUT2D eigenvalue weighted by molar-refractivity contribution is 7.92. The molecule has 0 amide bonds. The van der Waals surface area contributed by atoms with Crippen LogP contribution in [0.3, 0.4) is 0 Å². The molecular formula is C24H28N4O2S. The van der Waals surface area contributed by atoms with Crippen LogP contribution in [0.5, 0.6) is 0 Å². The standard InChI is InChI=1S/C24H28N4O2S/c1-18-10-11-19(2)23(16-18)31(29,30)27-21-9-7-8-20(17-21)22-12-13-24(26-25-22)28-14-5-3-4-6-15-28/h7-13,16-17,27H,3-6,14-15H2,1-2H3. The fraction of sp³-hybridized carbons (Fsp3) is 0.333. The van der Waals surface area contributed by atoms with Crippen molar-refractivity contribution in [2.75, 3.05) is 22.7 Å². The Kier molecular flexibility index (Phi) is 6.23. The maximum absolute atomic E-state index is 12.9. The summed E-state index contributed by atoms with van der Waals surface area (Å²) in [6.07, 6.45) is 4.91. The van der Waals surface area contributed by atoms with E-state index in [2.05, 4.69) is 19.8 Å². The molecule has 0 aliphatic carbocycles. The van der Waals surface area contributed by atoms with Crippen molar-refractivity contribution < 1.29 is 8.42 Å². The quantitative estimate of drug-likeness (QED) is 0.613. The van der Waals surface area contributed by atoms with Gasteiger partial charge >= 0.3 is 0 Å². The summed E-state index contributed by atoms with van der Waals surface area (Å²) in [5, 5.41) is 8.84. The Hall–Kier alpha value is -2.93. The summed E-state index contributed by atoms with van der Waals surface area (Å²) in [6, 6.07) is 16.6. The topological polar surface area (TPSA) is 75.2 Å². The first-order valence-corrected chi connectivity index (χ1v) is 12.2. The lowest BCUT2D eigenvalue weighted by molar-refractivity contribution is 0.600. The molecule has 1 aliphatic heterocycles. The zero-order valence-corrected chi connectivity index (χ0v) is 18.8. The van der Waals surface area contributed by atoms with Gasteiger partial charge in [0.05, 0.1) is 10.6 Å². The molecule has 4 rings (SSSR count). The van der Waals surface area contributed by atoms with E-state index < -0.39 is 10.0 Å². The van der Waals surface area contributed by atoms with Crippen LogP contribution in [0.15, 0.2) is 59.5 Å². The van der Waals surface area contributed by atoms with Crippen LogP contribution in [0.1, 0.15) is 36.8 Å². The second-order valence-corrected chi connectivity index (χ2v) is 9.78. The largest absolute Gasteiger partial charge is 0.355 e. The SMILES string of the molecule is Cc1ccc(C)c(S(=O)(=O)Nc2cccc(-c3ccc(N4CCCCCC4)nn3)c2)c1. The van der Waals surface area contributed by atoms with Gasteiger partial charge in [-0.3, -0.25) is 4.72 Å². The van der Waals surface area contributed by atoms with E-state index in [4.69, 9.17) is 0 Å². The number of sulfonamides is 1. The van der Waals surface area contributed by atoms with Gasteiger partial charge in [0.25, 0.3) is 10.0 Å². The second kappa shape index (κ2) is 9.06. The summed E-state index contributed by atoms with van der Waals surface area (Å²) in [7, 11) is -3.68. The molecule has 0 saturated carbocycles. The maximum Gasteiger partial charge on any atom is 0.262 e. The number of benzene rings is 2. The van der Waals surface area contributed by atoms with Crippen LogP contribution >= 0.6 is 0 Å². The fourth-order valence-electron chi connectivity index (χ4n) is 3.90. The van der Waals surface area contributed by atoms with Crippen LogP contribution in [0.2, 0.25) is 0 Å². The number of nitrogens with one attached hydrogen (secondary N) is 1. The van der Waals surface area contributed by atoms with Crippen molar-refractivity contribution in [3.05, 3.63) is 65.7 Å². The molecule has 6 nitrogen and oxygen atoms in total. The van der Waals surface area contributed by atoms with Crippen molar-refractivity contribution in [3.63, 3.8) is 0 Å². The molecule has 1 N–H and O–H groups in total. The average Bonchev–Trinajstić information content (AvgIpc) is 3.05. The minimum Gasteiger partial charge on any atom is -0.355 e. The van der Waals surface area contributed by atoms with Crippen LogP contribution in [-0.2, 0) is 10.0 Å². The van der Waals surface area contributed by atoms with Crippen molar-refractivity contribution in [1.29, 1.82) is 0 Å². The first-order valence-electron chi connectivity index (χ1n) is 10.7. The van der Waals surface area contributed by atoms with Crippen LogP contribution in [0.4, 0.5) is 11.5 Å². The lowest BCUT2D eigenvalue weighted by Gasteiger charge is -2.20. The van der Waals surface area contributed by atoms with Gasteiger partial charge in [0, 0.05) is 24.3 Å². The van der Waals surface area contributed by atoms with E-state index in [1.165, 1.54) is 25.7 Å². The number of rotatable bonds is 5. The molecule has 1 saturated heterocycles. The minimum absolute atomic E-state index is 0.291. The zero-order valence-electron chi connectivity index (χ0n) is 18.0. The normalized spacial score (nSPS) is 14.8. The Morgan fingerprint density at radius 3 is 2.35 bits per heavy atom. The smallest absolute Gasteiger partial charge is 0.262 e. The molecule has 31 heavy (non-hydrogen) atoms. The molecule has 0 radical (unpaired) electrons. The highest BCUT2D eigenvalue weighted by Gasteiger charge is 2.18. The Morgan fingerprint density at radius 1 is 0.871 bits per heavy atom. The predicted octanol–water partition coefficient (Wildman–Crippen LogP) is 4.94. The monoisotopic (exact) mass is 436 g/mol. The molecule has 7 heteroatoms. The molecule has 0 atom stereocenters. The van der Waals surface area contributed by atoms with Gasteiger partial charge in [-0.05, 0) is 68.1 Å². The molecule has 1 aliphatic rings. The number of aryl methyl sites for hydroxylation is 2. The van der Waals surface area contributed by atoms with Crippen molar-refractivity contribution in [3.8, 4) is 11.3 Å². The number of aromatic nitrogens is 2. The van der Waals surface area contributed by atoms with Gasteiger partial charge in [0.2, 0.25) is 0 Å². The van der Waals surface area contributed by atoms with Crippen LogP contribution in [0.25, 0.3) is 11.3 Å². The predicted molar refractivity (Wildman–Crippen MR) is 125 cm³/mol. The Labute approximate surface area is 184 Å². The van der Waals surface area contributed by atoms with Gasteiger partial charge in [-0.1, -0.05) is 37.1 Å². The van der Waals surface area contributed by atoms with E-state index in [1.54, 1.807) is 25.1 Å². The summed E-state index contributed by atoms with van der Waals surface area (Å²) < 4.78 is 28.5. The fourth-order valence-corrected chi connectivity index (χ4v) is 5.28. The van der Waals surface area contributed by atoms with E-state index in [0.29, 0.717) is 21.8 Å². The summed E-state index contributed by atoms with van der Waals surface area (Å²) in [4.78, 5) is 2.58. The molecule has 0 unspecified atom stereocenters. The van der Waals surface area contributed by atoms with E-state index in [1.807, 2.05) is 43.3 Å². The van der Waals surface area contributed by atoms with Gasteiger partial charge in [0.1, 0.15) is 0 Å². The van der Waals surface area contributed by atoms with Crippen molar-refractivity contribution in [2.24, 2.45) is 0 Å². The van der Waals surface area contributed by atoms with E-state index >= 15 is 0 Å². The molecular weight excluding hydrogens is 408 g/mol. The van der Waals surface area contributed by atoms with Crippen LogP contribution < -0.4 is 9.62 Å². The number of nitrogens with zero attached hydrogens (tertiary/aromatic N) is 3. The summed E-state index contributed by atoms with van der Waals surface area (Å²) in [5.41, 5.74) is 3.64. The summed E-state index contributed by atoms with van der Waals surface area (Å²) in [5.74, 6) is 0.900. The van der Waals surface area contributed by atoms with Crippen LogP contribution in [0, 0.1) is 13.8 Å². The highest BCUT2D eigenvalue weighted by atomic mass is 32.2. The lowest BCUT2D eigenvalue weighted by Crippen LogP contribution is -2.25. The van der Waals surface area contributed by atoms with Gasteiger partial charge in [-0.15, -0.1) is 10.2 Å².